The molecule has 3 heteroatoms. The molecule has 1 heterocycles. The van der Waals surface area contributed by atoms with E-state index in [9.17, 15) is 4.79 Å². The summed E-state index contributed by atoms with van der Waals surface area (Å²) in [7, 11) is 2.14. The first-order chi connectivity index (χ1) is 8.10. The third-order valence-corrected chi connectivity index (χ3v) is 4.26. The number of carbonyl (C=O) groups excluding carboxylic acids is 1. The van der Waals surface area contributed by atoms with Gasteiger partial charge in [-0.25, -0.2) is 4.79 Å². The van der Waals surface area contributed by atoms with Gasteiger partial charge in [0.25, 0.3) is 0 Å². The molecule has 0 aliphatic carbocycles. The molecule has 0 aromatic heterocycles. The van der Waals surface area contributed by atoms with Crippen LogP contribution in [0.1, 0.15) is 53.9 Å². The maximum atomic E-state index is 11.8. The van der Waals surface area contributed by atoms with Crippen LogP contribution in [0.25, 0.3) is 0 Å². The number of hydrogen-bond acceptors (Lipinski definition) is 3. The number of rotatable bonds is 3. The molecule has 0 radical (unpaired) electrons. The lowest BCUT2D eigenvalue weighted by Crippen LogP contribution is -2.60. The topological polar surface area (TPSA) is 29.5 Å². The maximum Gasteiger partial charge on any atom is 0.333 e. The summed E-state index contributed by atoms with van der Waals surface area (Å²) in [6.45, 7) is 14.5. The summed E-state index contributed by atoms with van der Waals surface area (Å²) in [5.74, 6) is -0.237. The highest BCUT2D eigenvalue weighted by Gasteiger charge is 2.44. The predicted octanol–water partition coefficient (Wildman–Crippen LogP) is 3.15. The number of hydrogen-bond donors (Lipinski definition) is 0. The third-order valence-electron chi connectivity index (χ3n) is 4.26. The average molecular weight is 253 g/mol. The van der Waals surface area contributed by atoms with E-state index in [1.165, 1.54) is 0 Å². The van der Waals surface area contributed by atoms with Gasteiger partial charge in [-0.1, -0.05) is 13.5 Å². The predicted molar refractivity (Wildman–Crippen MR) is 74.5 cm³/mol. The molecular weight excluding hydrogens is 226 g/mol. The lowest BCUT2D eigenvalue weighted by Gasteiger charge is -2.53. The molecule has 3 nitrogen and oxygen atoms in total. The summed E-state index contributed by atoms with van der Waals surface area (Å²) in [6.07, 6.45) is 2.38. The van der Waals surface area contributed by atoms with Gasteiger partial charge in [-0.15, -0.1) is 0 Å². The minimum Gasteiger partial charge on any atom is -0.459 e. The van der Waals surface area contributed by atoms with Crippen LogP contribution < -0.4 is 0 Å². The first-order valence-electron chi connectivity index (χ1n) is 6.73. The minimum absolute atomic E-state index is 0.0120. The van der Waals surface area contributed by atoms with Crippen molar-refractivity contribution in [2.75, 3.05) is 7.05 Å². The van der Waals surface area contributed by atoms with E-state index in [-0.39, 0.29) is 23.2 Å². The van der Waals surface area contributed by atoms with Crippen LogP contribution in [0, 0.1) is 0 Å². The quantitative estimate of drug-likeness (QED) is 0.571. The molecule has 1 saturated heterocycles. The molecule has 0 spiro atoms. The van der Waals surface area contributed by atoms with Gasteiger partial charge in [0.1, 0.15) is 6.10 Å². The Hall–Kier alpha value is -0.830. The number of piperidine rings is 1. The highest BCUT2D eigenvalue weighted by molar-refractivity contribution is 5.87. The molecular formula is C15H27NO2. The summed E-state index contributed by atoms with van der Waals surface area (Å²) in [5, 5.41) is 0. The zero-order valence-corrected chi connectivity index (χ0v) is 12.7. The molecule has 0 atom stereocenters. The van der Waals surface area contributed by atoms with Crippen molar-refractivity contribution in [3.05, 3.63) is 12.2 Å². The largest absolute Gasteiger partial charge is 0.459 e. The highest BCUT2D eigenvalue weighted by atomic mass is 16.5. The maximum absolute atomic E-state index is 11.8. The van der Waals surface area contributed by atoms with Crippen molar-refractivity contribution in [2.24, 2.45) is 0 Å². The Morgan fingerprint density at radius 2 is 1.72 bits per heavy atom. The van der Waals surface area contributed by atoms with E-state index in [2.05, 4.69) is 46.2 Å². The van der Waals surface area contributed by atoms with Crippen molar-refractivity contribution in [2.45, 2.75) is 71.1 Å². The first kappa shape index (κ1) is 15.2. The molecule has 0 amide bonds. The van der Waals surface area contributed by atoms with Crippen LogP contribution in [0.5, 0.6) is 0 Å². The van der Waals surface area contributed by atoms with Crippen molar-refractivity contribution in [3.8, 4) is 0 Å². The van der Waals surface area contributed by atoms with Crippen molar-refractivity contribution in [1.29, 1.82) is 0 Å². The molecule has 1 fully saturated rings. The Labute approximate surface area is 111 Å². The van der Waals surface area contributed by atoms with Gasteiger partial charge < -0.3 is 4.74 Å². The van der Waals surface area contributed by atoms with Crippen LogP contribution in [0.15, 0.2) is 12.2 Å². The fraction of sp³-hybridized carbons (Fsp3) is 0.800. The summed E-state index contributed by atoms with van der Waals surface area (Å²) in [6, 6.07) is 0. The van der Waals surface area contributed by atoms with Crippen LogP contribution in [-0.4, -0.2) is 35.1 Å². The number of carbonyl (C=O) groups is 1. The Balaban J connectivity index is 2.75. The standard InChI is InChI=1S/C15H27NO2/c1-8-11(2)13(17)18-12-9-14(3,4)16(7)15(5,6)10-12/h12H,2,8-10H2,1,3-7H3. The summed E-state index contributed by atoms with van der Waals surface area (Å²) >= 11 is 0. The van der Waals surface area contributed by atoms with Crippen LogP contribution in [0.4, 0.5) is 0 Å². The SMILES string of the molecule is C=C(CC)C(=O)OC1CC(C)(C)N(C)C(C)(C)C1. The highest BCUT2D eigenvalue weighted by Crippen LogP contribution is 2.38. The Morgan fingerprint density at radius 1 is 1.28 bits per heavy atom. The first-order valence-corrected chi connectivity index (χ1v) is 6.73. The molecule has 0 N–H and O–H groups in total. The van der Waals surface area contributed by atoms with Gasteiger partial charge in [-0.3, -0.25) is 4.90 Å². The van der Waals surface area contributed by atoms with Gasteiger partial charge >= 0.3 is 5.97 Å². The van der Waals surface area contributed by atoms with Crippen molar-refractivity contribution in [1.82, 2.24) is 4.90 Å². The van der Waals surface area contributed by atoms with E-state index in [1.807, 2.05) is 6.92 Å². The van der Waals surface area contributed by atoms with Crippen LogP contribution in [-0.2, 0) is 9.53 Å². The average Bonchev–Trinajstić information content (AvgIpc) is 2.23. The van der Waals surface area contributed by atoms with Crippen molar-refractivity contribution in [3.63, 3.8) is 0 Å². The summed E-state index contributed by atoms with van der Waals surface area (Å²) in [4.78, 5) is 14.2. The van der Waals surface area contributed by atoms with E-state index in [0.717, 1.165) is 12.8 Å². The minimum atomic E-state index is -0.237. The van der Waals surface area contributed by atoms with Crippen LogP contribution in [0.2, 0.25) is 0 Å². The van der Waals surface area contributed by atoms with E-state index in [1.54, 1.807) is 0 Å². The van der Waals surface area contributed by atoms with Crippen molar-refractivity contribution < 1.29 is 9.53 Å². The van der Waals surface area contributed by atoms with E-state index in [0.29, 0.717) is 12.0 Å². The number of ether oxygens (including phenoxy) is 1. The Bertz CT molecular complexity index is 326. The molecule has 0 bridgehead atoms. The van der Waals surface area contributed by atoms with Crippen LogP contribution >= 0.6 is 0 Å². The lowest BCUT2D eigenvalue weighted by molar-refractivity contribution is -0.154. The molecule has 104 valence electrons. The van der Waals surface area contributed by atoms with E-state index >= 15 is 0 Å². The van der Waals surface area contributed by atoms with Crippen LogP contribution in [0.3, 0.4) is 0 Å². The summed E-state index contributed by atoms with van der Waals surface area (Å²) in [5.41, 5.74) is 0.644. The normalized spacial score (nSPS) is 23.7. The van der Waals surface area contributed by atoms with Gasteiger partial charge in [0.05, 0.1) is 0 Å². The number of esters is 1. The Kier molecular flexibility index (Phi) is 4.26. The monoisotopic (exact) mass is 253 g/mol. The van der Waals surface area contributed by atoms with Gasteiger partial charge in [-0.2, -0.15) is 0 Å². The smallest absolute Gasteiger partial charge is 0.333 e. The third kappa shape index (κ3) is 3.14. The fourth-order valence-corrected chi connectivity index (χ4v) is 2.74. The molecule has 1 rings (SSSR count). The molecule has 0 saturated carbocycles. The molecule has 0 aromatic carbocycles. The van der Waals surface area contributed by atoms with Gasteiger partial charge in [0, 0.05) is 29.5 Å². The lowest BCUT2D eigenvalue weighted by atomic mass is 9.79. The molecule has 18 heavy (non-hydrogen) atoms. The second-order valence-electron chi connectivity index (χ2n) is 6.58. The molecule has 0 unspecified atom stereocenters. The second-order valence-corrected chi connectivity index (χ2v) is 6.58. The summed E-state index contributed by atoms with van der Waals surface area (Å²) < 4.78 is 5.60. The van der Waals surface area contributed by atoms with Crippen molar-refractivity contribution >= 4 is 5.97 Å². The second kappa shape index (κ2) is 5.04. The number of likely N-dealkylation sites (tertiary alicyclic amines) is 1. The van der Waals surface area contributed by atoms with Gasteiger partial charge in [0.2, 0.25) is 0 Å². The molecule has 1 aliphatic rings. The Morgan fingerprint density at radius 3 is 2.11 bits per heavy atom. The molecule has 0 aromatic rings. The van der Waals surface area contributed by atoms with E-state index in [4.69, 9.17) is 4.74 Å². The van der Waals surface area contributed by atoms with Gasteiger partial charge in [-0.05, 0) is 41.2 Å². The fourth-order valence-electron chi connectivity index (χ4n) is 2.74. The number of nitrogens with zero attached hydrogens (tertiary/aromatic N) is 1. The van der Waals surface area contributed by atoms with E-state index < -0.39 is 0 Å². The van der Waals surface area contributed by atoms with Gasteiger partial charge in [0.15, 0.2) is 0 Å². The zero-order valence-electron chi connectivity index (χ0n) is 12.7. The zero-order chi connectivity index (χ0) is 14.1. The molecule has 1 aliphatic heterocycles.